The van der Waals surface area contributed by atoms with Crippen LogP contribution in [0.3, 0.4) is 0 Å². The van der Waals surface area contributed by atoms with Crippen molar-refractivity contribution in [2.45, 2.75) is 0 Å². The first-order valence-corrected chi connectivity index (χ1v) is 3.75. The summed E-state index contributed by atoms with van der Waals surface area (Å²) in [5.41, 5.74) is 0.767. The third kappa shape index (κ3) is 2.99. The Morgan fingerprint density at radius 2 is 2.31 bits per heavy atom. The molecule has 0 atom stereocenters. The number of ether oxygens (including phenoxy) is 1. The summed E-state index contributed by atoms with van der Waals surface area (Å²) in [5, 5.41) is 10.1. The van der Waals surface area contributed by atoms with Crippen LogP contribution < -0.4 is 9.84 Å². The van der Waals surface area contributed by atoms with E-state index in [0.717, 1.165) is 11.6 Å². The SMILES string of the molecule is COc1cccc(/C=C/C(=O)[O-])c1. The van der Waals surface area contributed by atoms with E-state index in [1.54, 1.807) is 31.4 Å². The molecular formula is C10H9O3-. The van der Waals surface area contributed by atoms with E-state index in [1.807, 2.05) is 0 Å². The summed E-state index contributed by atoms with van der Waals surface area (Å²) < 4.78 is 4.96. The van der Waals surface area contributed by atoms with Gasteiger partial charge in [0.25, 0.3) is 0 Å². The molecule has 0 aliphatic carbocycles. The molecule has 0 saturated carbocycles. The molecule has 0 unspecified atom stereocenters. The number of hydrogen-bond acceptors (Lipinski definition) is 3. The number of aliphatic carboxylic acids is 1. The molecule has 0 aliphatic heterocycles. The van der Waals surface area contributed by atoms with Crippen molar-refractivity contribution >= 4 is 12.0 Å². The Morgan fingerprint density at radius 1 is 1.54 bits per heavy atom. The summed E-state index contributed by atoms with van der Waals surface area (Å²) in [7, 11) is 1.56. The molecule has 68 valence electrons. The number of carboxylic acid groups (broad SMARTS) is 1. The fourth-order valence-corrected chi connectivity index (χ4v) is 0.909. The van der Waals surface area contributed by atoms with E-state index >= 15 is 0 Å². The highest BCUT2D eigenvalue weighted by atomic mass is 16.5. The van der Waals surface area contributed by atoms with Crippen molar-refractivity contribution in [3.8, 4) is 5.75 Å². The summed E-state index contributed by atoms with van der Waals surface area (Å²) in [4.78, 5) is 10.1. The predicted octanol–water partition coefficient (Wildman–Crippen LogP) is 0.458. The Balaban J connectivity index is 2.83. The highest BCUT2D eigenvalue weighted by Gasteiger charge is 1.90. The zero-order chi connectivity index (χ0) is 9.68. The standard InChI is InChI=1S/C10H10O3/c1-13-9-4-2-3-8(7-9)5-6-10(11)12/h2-7H,1H3,(H,11,12)/p-1/b6-5+. The highest BCUT2D eigenvalue weighted by Crippen LogP contribution is 2.13. The molecule has 1 aromatic carbocycles. The van der Waals surface area contributed by atoms with E-state index in [9.17, 15) is 9.90 Å². The lowest BCUT2D eigenvalue weighted by atomic mass is 10.2. The first-order chi connectivity index (χ1) is 6.22. The van der Waals surface area contributed by atoms with Crippen LogP contribution in [0.4, 0.5) is 0 Å². The zero-order valence-electron chi connectivity index (χ0n) is 7.19. The fraction of sp³-hybridized carbons (Fsp3) is 0.100. The number of carboxylic acids is 1. The van der Waals surface area contributed by atoms with Gasteiger partial charge in [0.2, 0.25) is 0 Å². The maximum absolute atomic E-state index is 10.1. The first kappa shape index (κ1) is 9.32. The average molecular weight is 177 g/mol. The van der Waals surface area contributed by atoms with Crippen LogP contribution in [-0.4, -0.2) is 13.1 Å². The van der Waals surface area contributed by atoms with Crippen LogP contribution in [0.2, 0.25) is 0 Å². The van der Waals surface area contributed by atoms with Crippen LogP contribution in [0.1, 0.15) is 5.56 Å². The molecule has 0 saturated heterocycles. The second kappa shape index (κ2) is 4.30. The van der Waals surface area contributed by atoms with Gasteiger partial charge in [0, 0.05) is 0 Å². The summed E-state index contributed by atoms with van der Waals surface area (Å²) in [6.07, 6.45) is 2.44. The number of benzene rings is 1. The minimum Gasteiger partial charge on any atom is -0.545 e. The summed E-state index contributed by atoms with van der Waals surface area (Å²) >= 11 is 0. The van der Waals surface area contributed by atoms with Gasteiger partial charge in [0.1, 0.15) is 5.75 Å². The molecular weight excluding hydrogens is 168 g/mol. The van der Waals surface area contributed by atoms with E-state index < -0.39 is 5.97 Å². The number of methoxy groups -OCH3 is 1. The van der Waals surface area contributed by atoms with E-state index in [1.165, 1.54) is 6.08 Å². The normalized spacial score (nSPS) is 10.2. The molecule has 0 fully saturated rings. The van der Waals surface area contributed by atoms with E-state index in [2.05, 4.69) is 0 Å². The van der Waals surface area contributed by atoms with Crippen LogP contribution in [0.25, 0.3) is 6.08 Å². The number of rotatable bonds is 3. The maximum Gasteiger partial charge on any atom is 0.119 e. The van der Waals surface area contributed by atoms with Crippen molar-refractivity contribution in [1.82, 2.24) is 0 Å². The Kier molecular flexibility index (Phi) is 3.09. The lowest BCUT2D eigenvalue weighted by molar-refractivity contribution is -0.297. The van der Waals surface area contributed by atoms with Crippen LogP contribution in [-0.2, 0) is 4.79 Å². The van der Waals surface area contributed by atoms with Crippen molar-refractivity contribution in [3.63, 3.8) is 0 Å². The van der Waals surface area contributed by atoms with Gasteiger partial charge in [-0.3, -0.25) is 0 Å². The fourth-order valence-electron chi connectivity index (χ4n) is 0.909. The van der Waals surface area contributed by atoms with E-state index in [0.29, 0.717) is 5.75 Å². The summed E-state index contributed by atoms with van der Waals surface area (Å²) in [6, 6.07) is 7.09. The van der Waals surface area contributed by atoms with Gasteiger partial charge in [-0.1, -0.05) is 18.2 Å². The van der Waals surface area contributed by atoms with E-state index in [-0.39, 0.29) is 0 Å². The largest absolute Gasteiger partial charge is 0.545 e. The second-order valence-corrected chi connectivity index (χ2v) is 2.43. The number of carbonyl (C=O) groups is 1. The monoisotopic (exact) mass is 177 g/mol. The molecule has 13 heavy (non-hydrogen) atoms. The van der Waals surface area contributed by atoms with Crippen molar-refractivity contribution < 1.29 is 14.6 Å². The van der Waals surface area contributed by atoms with Crippen molar-refractivity contribution in [3.05, 3.63) is 35.9 Å². The molecule has 1 aromatic rings. The Morgan fingerprint density at radius 3 is 2.92 bits per heavy atom. The maximum atomic E-state index is 10.1. The molecule has 0 aromatic heterocycles. The molecule has 0 amide bonds. The Labute approximate surface area is 76.3 Å². The lowest BCUT2D eigenvalue weighted by Gasteiger charge is -1.99. The quantitative estimate of drug-likeness (QED) is 0.630. The minimum atomic E-state index is -1.21. The second-order valence-electron chi connectivity index (χ2n) is 2.43. The van der Waals surface area contributed by atoms with Gasteiger partial charge in [-0.25, -0.2) is 0 Å². The molecule has 0 spiro atoms. The zero-order valence-corrected chi connectivity index (χ0v) is 7.19. The number of carbonyl (C=O) groups excluding carboxylic acids is 1. The predicted molar refractivity (Wildman–Crippen MR) is 47.0 cm³/mol. The third-order valence-corrected chi connectivity index (χ3v) is 1.51. The van der Waals surface area contributed by atoms with Crippen LogP contribution in [0.5, 0.6) is 5.75 Å². The molecule has 0 radical (unpaired) electrons. The molecule has 3 nitrogen and oxygen atoms in total. The molecule has 0 heterocycles. The molecule has 0 N–H and O–H groups in total. The Hall–Kier alpha value is -1.77. The molecule has 0 aliphatic rings. The highest BCUT2D eigenvalue weighted by molar-refractivity contribution is 5.83. The van der Waals surface area contributed by atoms with Gasteiger partial charge in [0.15, 0.2) is 0 Å². The lowest BCUT2D eigenvalue weighted by Crippen LogP contribution is -2.18. The molecule has 3 heteroatoms. The minimum absolute atomic E-state index is 0.695. The van der Waals surface area contributed by atoms with Gasteiger partial charge < -0.3 is 14.6 Å². The van der Waals surface area contributed by atoms with Gasteiger partial charge in [0.05, 0.1) is 13.1 Å². The molecule has 1 rings (SSSR count). The van der Waals surface area contributed by atoms with Gasteiger partial charge in [-0.2, -0.15) is 0 Å². The van der Waals surface area contributed by atoms with E-state index in [4.69, 9.17) is 4.74 Å². The van der Waals surface area contributed by atoms with Crippen molar-refractivity contribution in [2.75, 3.05) is 7.11 Å². The molecule has 0 bridgehead atoms. The van der Waals surface area contributed by atoms with Crippen LogP contribution in [0.15, 0.2) is 30.3 Å². The first-order valence-electron chi connectivity index (χ1n) is 3.75. The summed E-state index contributed by atoms with van der Waals surface area (Å²) in [6.45, 7) is 0. The van der Waals surface area contributed by atoms with Gasteiger partial charge in [-0.15, -0.1) is 0 Å². The average Bonchev–Trinajstić information content (AvgIpc) is 2.15. The Bertz CT molecular complexity index is 329. The third-order valence-electron chi connectivity index (χ3n) is 1.51. The van der Waals surface area contributed by atoms with Crippen LogP contribution >= 0.6 is 0 Å². The summed E-state index contributed by atoms with van der Waals surface area (Å²) in [5.74, 6) is -0.511. The van der Waals surface area contributed by atoms with Crippen LogP contribution in [0, 0.1) is 0 Å². The number of hydrogen-bond donors (Lipinski definition) is 0. The van der Waals surface area contributed by atoms with Gasteiger partial charge in [-0.05, 0) is 23.8 Å². The van der Waals surface area contributed by atoms with Crippen molar-refractivity contribution in [2.24, 2.45) is 0 Å². The smallest absolute Gasteiger partial charge is 0.119 e. The topological polar surface area (TPSA) is 49.4 Å². The van der Waals surface area contributed by atoms with Gasteiger partial charge >= 0.3 is 0 Å². The van der Waals surface area contributed by atoms with Crippen molar-refractivity contribution in [1.29, 1.82) is 0 Å².